The van der Waals surface area contributed by atoms with E-state index in [2.05, 4.69) is 253 Å². The summed E-state index contributed by atoms with van der Waals surface area (Å²) in [6.07, 6.45) is 5.72. The van der Waals surface area contributed by atoms with Crippen LogP contribution >= 0.6 is 0 Å². The number of hydrogen-bond donors (Lipinski definition) is 1. The first kappa shape index (κ1) is 41.1. The molecule has 1 saturated heterocycles. The van der Waals surface area contributed by atoms with Gasteiger partial charge in [0.25, 0.3) is 0 Å². The van der Waals surface area contributed by atoms with Crippen molar-refractivity contribution in [2.24, 2.45) is 5.92 Å². The van der Waals surface area contributed by atoms with Gasteiger partial charge in [-0.3, -0.25) is 4.90 Å². The van der Waals surface area contributed by atoms with E-state index in [1.165, 1.54) is 89.3 Å². The van der Waals surface area contributed by atoms with E-state index in [-0.39, 0.29) is 12.1 Å². The summed E-state index contributed by atoms with van der Waals surface area (Å²) in [5.41, 5.74) is 22.6. The lowest BCUT2D eigenvalue weighted by Gasteiger charge is -2.45. The highest BCUT2D eigenvalue weighted by Crippen LogP contribution is 2.63. The average Bonchev–Trinajstić information content (AvgIpc) is 4.05. The molecule has 1 N–H and O–H groups in total. The highest BCUT2D eigenvalue weighted by Gasteiger charge is 2.53. The van der Waals surface area contributed by atoms with Crippen molar-refractivity contribution >= 4 is 33.9 Å². The lowest BCUT2D eigenvalue weighted by atomic mass is 9.64. The highest BCUT2D eigenvalue weighted by molar-refractivity contribution is 6.05. The first-order chi connectivity index (χ1) is 34.1. The van der Waals surface area contributed by atoms with E-state index in [1.54, 1.807) is 0 Å². The van der Waals surface area contributed by atoms with Gasteiger partial charge in [-0.2, -0.15) is 0 Å². The smallest absolute Gasteiger partial charge is 0.0754 e. The van der Waals surface area contributed by atoms with Crippen LogP contribution in [0.1, 0.15) is 69.5 Å². The van der Waals surface area contributed by atoms with Gasteiger partial charge in [-0.25, -0.2) is 0 Å². The minimum absolute atomic E-state index is 0.0125. The van der Waals surface area contributed by atoms with E-state index in [1.807, 2.05) is 6.07 Å². The summed E-state index contributed by atoms with van der Waals surface area (Å²) in [5, 5.41) is 9.58. The summed E-state index contributed by atoms with van der Waals surface area (Å²) >= 11 is 0. The molecule has 4 atom stereocenters. The molecule has 69 heavy (non-hydrogen) atoms. The van der Waals surface area contributed by atoms with Crippen molar-refractivity contribution in [1.29, 1.82) is 5.41 Å². The Kier molecular flexibility index (Phi) is 9.88. The Hall–Kier alpha value is -8.11. The predicted octanol–water partition coefficient (Wildman–Crippen LogP) is 16.0. The molecule has 9 aromatic rings. The standard InChI is InChI=1S/C66H51N3/c1-44-32-38-53(50-23-17-18-45(41-50)43-68-64(49-21-7-3-8-22-49)65(68)63(67)48-35-33-47(34-36-48)46-19-5-2-6-20-46)56(40-44)51-37-39-55-54-26-11-12-27-57(54)66(60(55)42-51)58-28-13-15-30-61(58)69(52-24-9-4-10-25-52)62-31-16-14-29-59(62)66/h2-39,41-42,44,64-65,67H,40,43H2,1H3/t44?,64?,65?,68-/m0/s1. The van der Waals surface area contributed by atoms with Gasteiger partial charge in [0.15, 0.2) is 0 Å². The Morgan fingerprint density at radius 2 is 1.10 bits per heavy atom. The molecule has 13 rings (SSSR count). The maximum atomic E-state index is 9.58. The van der Waals surface area contributed by atoms with Crippen LogP contribution in [0.2, 0.25) is 0 Å². The van der Waals surface area contributed by atoms with Gasteiger partial charge in [-0.15, -0.1) is 0 Å². The number of nitrogens with one attached hydrogen (secondary N) is 1. The van der Waals surface area contributed by atoms with Gasteiger partial charge >= 0.3 is 0 Å². The van der Waals surface area contributed by atoms with Crippen LogP contribution in [-0.4, -0.2) is 16.7 Å². The molecule has 0 aromatic heterocycles. The van der Waals surface area contributed by atoms with Crippen LogP contribution in [-0.2, 0) is 12.0 Å². The topological polar surface area (TPSA) is 30.1 Å². The van der Waals surface area contributed by atoms with E-state index in [0.29, 0.717) is 11.6 Å². The Bertz CT molecular complexity index is 3450. The van der Waals surface area contributed by atoms with Gasteiger partial charge in [0.1, 0.15) is 0 Å². The molecule has 1 spiro atoms. The Morgan fingerprint density at radius 3 is 1.83 bits per heavy atom. The van der Waals surface area contributed by atoms with E-state index in [4.69, 9.17) is 0 Å². The molecule has 0 radical (unpaired) electrons. The van der Waals surface area contributed by atoms with Gasteiger partial charge in [0, 0.05) is 12.2 Å². The molecule has 0 bridgehead atoms. The summed E-state index contributed by atoms with van der Waals surface area (Å²) in [5.74, 6) is 0.402. The molecule has 330 valence electrons. The zero-order valence-corrected chi connectivity index (χ0v) is 38.6. The number of allylic oxidation sites excluding steroid dienone is 4. The van der Waals surface area contributed by atoms with Crippen molar-refractivity contribution in [3.05, 3.63) is 293 Å². The van der Waals surface area contributed by atoms with Crippen molar-refractivity contribution in [1.82, 2.24) is 4.90 Å². The molecule has 2 aliphatic carbocycles. The van der Waals surface area contributed by atoms with Crippen LogP contribution in [0.4, 0.5) is 17.1 Å². The normalized spacial score (nSPS) is 19.1. The van der Waals surface area contributed by atoms with Crippen LogP contribution in [0.3, 0.4) is 0 Å². The van der Waals surface area contributed by atoms with Crippen molar-refractivity contribution in [3.8, 4) is 22.3 Å². The van der Waals surface area contributed by atoms with Crippen LogP contribution in [0, 0.1) is 11.3 Å². The monoisotopic (exact) mass is 885 g/mol. The molecular formula is C66H51N3. The number of nitrogens with zero attached hydrogens (tertiary/aromatic N) is 2. The third-order valence-electron chi connectivity index (χ3n) is 15.2. The van der Waals surface area contributed by atoms with Gasteiger partial charge in [0.2, 0.25) is 0 Å². The zero-order valence-electron chi connectivity index (χ0n) is 38.6. The molecule has 2 heterocycles. The molecule has 2 aliphatic heterocycles. The molecule has 3 heteroatoms. The SMILES string of the molecule is CC1C=CC(c2cccc(C[N@]3C(C(=N)c4ccc(-c5ccccc5)cc4)C3c3ccccc3)c2)=C(c2ccc3c(c2)C2(c4ccccc4-3)c3ccccc3N(c3ccccc3)c3ccccc32)C1. The highest BCUT2D eigenvalue weighted by atomic mass is 15.4. The van der Waals surface area contributed by atoms with Crippen molar-refractivity contribution in [3.63, 3.8) is 0 Å². The fourth-order valence-electron chi connectivity index (χ4n) is 12.1. The number of benzene rings is 9. The van der Waals surface area contributed by atoms with Gasteiger partial charge in [-0.1, -0.05) is 213 Å². The number of para-hydroxylation sites is 3. The third-order valence-corrected chi connectivity index (χ3v) is 15.2. The Balaban J connectivity index is 0.891. The molecule has 0 amide bonds. The van der Waals surface area contributed by atoms with Crippen LogP contribution in [0.25, 0.3) is 33.4 Å². The number of hydrogen-bond acceptors (Lipinski definition) is 3. The van der Waals surface area contributed by atoms with E-state index < -0.39 is 5.41 Å². The summed E-state index contributed by atoms with van der Waals surface area (Å²) in [7, 11) is 0. The van der Waals surface area contributed by atoms with Crippen molar-refractivity contribution in [2.45, 2.75) is 37.4 Å². The maximum Gasteiger partial charge on any atom is 0.0754 e. The van der Waals surface area contributed by atoms with E-state index >= 15 is 0 Å². The molecular weight excluding hydrogens is 835 g/mol. The lowest BCUT2D eigenvalue weighted by molar-refractivity contribution is 0.497. The second kappa shape index (κ2) is 16.6. The molecule has 1 fully saturated rings. The second-order valence-electron chi connectivity index (χ2n) is 19.2. The number of anilines is 3. The molecule has 9 aromatic carbocycles. The summed E-state index contributed by atoms with van der Waals surface area (Å²) in [6.45, 7) is 3.10. The first-order valence-electron chi connectivity index (χ1n) is 24.4. The number of fused-ring (bicyclic) bond motifs is 9. The average molecular weight is 886 g/mol. The third kappa shape index (κ3) is 6.71. The van der Waals surface area contributed by atoms with Gasteiger partial charge in [-0.05, 0) is 132 Å². The van der Waals surface area contributed by atoms with Crippen molar-refractivity contribution < 1.29 is 0 Å². The zero-order chi connectivity index (χ0) is 46.1. The molecule has 3 nitrogen and oxygen atoms in total. The van der Waals surface area contributed by atoms with Crippen LogP contribution in [0.15, 0.2) is 243 Å². The summed E-state index contributed by atoms with van der Waals surface area (Å²) in [4.78, 5) is 4.95. The Morgan fingerprint density at radius 1 is 0.522 bits per heavy atom. The minimum atomic E-state index is -0.515. The van der Waals surface area contributed by atoms with Crippen LogP contribution < -0.4 is 4.90 Å². The number of rotatable bonds is 9. The fraction of sp³-hybridized carbons (Fsp3) is 0.106. The maximum absolute atomic E-state index is 9.58. The molecule has 4 aliphatic rings. The van der Waals surface area contributed by atoms with E-state index in [0.717, 1.165) is 24.2 Å². The molecule has 0 saturated carbocycles. The Labute approximate surface area is 405 Å². The summed E-state index contributed by atoms with van der Waals surface area (Å²) < 4.78 is 0. The molecule has 3 unspecified atom stereocenters. The first-order valence-corrected chi connectivity index (χ1v) is 24.4. The fourth-order valence-corrected chi connectivity index (χ4v) is 12.1. The predicted molar refractivity (Wildman–Crippen MR) is 285 cm³/mol. The summed E-state index contributed by atoms with van der Waals surface area (Å²) in [6, 6.07) is 84.6. The van der Waals surface area contributed by atoms with Gasteiger partial charge < -0.3 is 10.3 Å². The van der Waals surface area contributed by atoms with Crippen LogP contribution in [0.5, 0.6) is 0 Å². The minimum Gasteiger partial charge on any atom is -0.310 e. The quantitative estimate of drug-likeness (QED) is 0.116. The second-order valence-corrected chi connectivity index (χ2v) is 19.2. The lowest BCUT2D eigenvalue weighted by Crippen LogP contribution is -2.36. The van der Waals surface area contributed by atoms with Gasteiger partial charge in [0.05, 0.1) is 34.6 Å². The largest absolute Gasteiger partial charge is 0.310 e. The van der Waals surface area contributed by atoms with Crippen molar-refractivity contribution in [2.75, 3.05) is 4.90 Å². The van der Waals surface area contributed by atoms with E-state index in [9.17, 15) is 5.41 Å².